The Kier molecular flexibility index (Phi) is 5.47. The standard InChI is InChI=1S/C19H30N7O7P/c1-18(2)5-9(6-19(3,4)26(18)28)23-17-24-11-14(20)21-8-22-15(11)25(17)16-12(27)13-10(32-16)7-31-34(29,30)33-13/h8-10,12-13,16,27-28H,5-7H2,1-4H3,(H,23,24)(H,29,30)(H2,20,21,22). The molecule has 0 aromatic carbocycles. The maximum absolute atomic E-state index is 11.9. The Morgan fingerprint density at radius 3 is 2.59 bits per heavy atom. The van der Waals surface area contributed by atoms with Crippen LogP contribution >= 0.6 is 7.82 Å². The quantitative estimate of drug-likeness (QED) is 0.376. The van der Waals surface area contributed by atoms with Crippen molar-refractivity contribution in [2.75, 3.05) is 17.7 Å². The smallest absolute Gasteiger partial charge is 0.386 e. The third kappa shape index (κ3) is 3.88. The van der Waals surface area contributed by atoms with E-state index in [9.17, 15) is 19.8 Å². The number of aliphatic hydroxyl groups is 1. The molecule has 5 rings (SSSR count). The average molecular weight is 499 g/mol. The zero-order chi connectivity index (χ0) is 24.6. The summed E-state index contributed by atoms with van der Waals surface area (Å²) in [7, 11) is -4.28. The Balaban J connectivity index is 1.53. The topological polar surface area (TPSA) is 190 Å². The highest BCUT2D eigenvalue weighted by Gasteiger charge is 2.53. The molecule has 0 saturated carbocycles. The lowest BCUT2D eigenvalue weighted by Gasteiger charge is -2.51. The van der Waals surface area contributed by atoms with E-state index in [1.165, 1.54) is 11.4 Å². The molecule has 3 fully saturated rings. The van der Waals surface area contributed by atoms with E-state index in [1.807, 2.05) is 27.7 Å². The first-order valence-electron chi connectivity index (χ1n) is 11.0. The monoisotopic (exact) mass is 499 g/mol. The number of nitrogens with zero attached hydrogens (tertiary/aromatic N) is 5. The van der Waals surface area contributed by atoms with Crippen molar-refractivity contribution in [2.45, 2.75) is 82.2 Å². The molecular formula is C19H30N7O7P. The molecule has 5 unspecified atom stereocenters. The molecular weight excluding hydrogens is 469 g/mol. The van der Waals surface area contributed by atoms with E-state index in [1.54, 1.807) is 4.57 Å². The first-order chi connectivity index (χ1) is 15.8. The Hall–Kier alpha value is -1.90. The Bertz CT molecular complexity index is 1140. The number of nitrogens with one attached hydrogen (secondary N) is 1. The number of phosphoric ester groups is 1. The van der Waals surface area contributed by atoms with Crippen molar-refractivity contribution in [2.24, 2.45) is 0 Å². The number of phosphoric acid groups is 1. The number of aliphatic hydroxyl groups excluding tert-OH is 1. The van der Waals surface area contributed by atoms with Gasteiger partial charge in [0.25, 0.3) is 0 Å². The van der Waals surface area contributed by atoms with E-state index in [4.69, 9.17) is 19.5 Å². The predicted molar refractivity (Wildman–Crippen MR) is 119 cm³/mol. The fraction of sp³-hybridized carbons (Fsp3) is 0.737. The van der Waals surface area contributed by atoms with Gasteiger partial charge in [0.2, 0.25) is 5.95 Å². The maximum atomic E-state index is 11.9. The minimum Gasteiger partial charge on any atom is -0.386 e. The van der Waals surface area contributed by atoms with Gasteiger partial charge >= 0.3 is 7.82 Å². The minimum atomic E-state index is -4.28. The number of imidazole rings is 1. The summed E-state index contributed by atoms with van der Waals surface area (Å²) < 4.78 is 29.4. The largest absolute Gasteiger partial charge is 0.472 e. The van der Waals surface area contributed by atoms with Gasteiger partial charge in [0, 0.05) is 17.1 Å². The first kappa shape index (κ1) is 23.8. The van der Waals surface area contributed by atoms with E-state index in [2.05, 4.69) is 20.3 Å². The zero-order valence-corrected chi connectivity index (χ0v) is 20.2. The van der Waals surface area contributed by atoms with Gasteiger partial charge in [-0.05, 0) is 40.5 Å². The van der Waals surface area contributed by atoms with E-state index in [0.29, 0.717) is 30.0 Å². The molecule has 0 amide bonds. The molecule has 5 atom stereocenters. The number of aromatic nitrogens is 4. The van der Waals surface area contributed by atoms with Crippen LogP contribution in [0.15, 0.2) is 6.33 Å². The zero-order valence-electron chi connectivity index (χ0n) is 19.3. The highest BCUT2D eigenvalue weighted by atomic mass is 31.2. The summed E-state index contributed by atoms with van der Waals surface area (Å²) in [5.74, 6) is 0.489. The van der Waals surface area contributed by atoms with Gasteiger partial charge in [0.1, 0.15) is 24.6 Å². The third-order valence-corrected chi connectivity index (χ3v) is 7.68. The second kappa shape index (κ2) is 7.80. The molecule has 34 heavy (non-hydrogen) atoms. The molecule has 15 heteroatoms. The molecule has 14 nitrogen and oxygen atoms in total. The van der Waals surface area contributed by atoms with E-state index in [0.717, 1.165) is 0 Å². The van der Waals surface area contributed by atoms with Crippen LogP contribution in [0, 0.1) is 0 Å². The van der Waals surface area contributed by atoms with Gasteiger partial charge in [-0.2, -0.15) is 5.06 Å². The number of hydrogen-bond donors (Lipinski definition) is 5. The van der Waals surface area contributed by atoms with E-state index in [-0.39, 0.29) is 18.5 Å². The lowest BCUT2D eigenvalue weighted by molar-refractivity contribution is -0.243. The summed E-state index contributed by atoms with van der Waals surface area (Å²) in [5.41, 5.74) is 5.66. The molecule has 0 bridgehead atoms. The van der Waals surface area contributed by atoms with E-state index >= 15 is 0 Å². The molecule has 0 spiro atoms. The summed E-state index contributed by atoms with van der Waals surface area (Å²) in [6.07, 6.45) is -1.72. The number of anilines is 2. The SMILES string of the molecule is CC1(C)CC(Nc2nc3c(N)ncnc3n2C2OC3COP(=O)(O)OC3C2O)CC(C)(C)N1O. The van der Waals surface area contributed by atoms with Crippen LogP contribution in [0.4, 0.5) is 11.8 Å². The van der Waals surface area contributed by atoms with Crippen molar-refractivity contribution in [3.63, 3.8) is 0 Å². The summed E-state index contributed by atoms with van der Waals surface area (Å²) in [4.78, 5) is 22.6. The van der Waals surface area contributed by atoms with E-state index < -0.39 is 43.4 Å². The average Bonchev–Trinajstić information content (AvgIpc) is 3.23. The Morgan fingerprint density at radius 2 is 1.91 bits per heavy atom. The van der Waals surface area contributed by atoms with Crippen LogP contribution in [0.2, 0.25) is 0 Å². The molecule has 3 saturated heterocycles. The fourth-order valence-corrected chi connectivity index (χ4v) is 6.34. The van der Waals surface area contributed by atoms with Gasteiger partial charge in [-0.3, -0.25) is 13.6 Å². The highest BCUT2D eigenvalue weighted by Crippen LogP contribution is 2.53. The van der Waals surface area contributed by atoms with Gasteiger partial charge in [-0.15, -0.1) is 0 Å². The molecule has 0 aliphatic carbocycles. The lowest BCUT2D eigenvalue weighted by Crippen LogP contribution is -2.61. The van der Waals surface area contributed by atoms with Crippen molar-refractivity contribution < 1.29 is 33.6 Å². The second-order valence-corrected chi connectivity index (χ2v) is 11.7. The number of hydrogen-bond acceptors (Lipinski definition) is 12. The van der Waals surface area contributed by atoms with Crippen molar-refractivity contribution >= 4 is 30.8 Å². The first-order valence-corrected chi connectivity index (χ1v) is 12.5. The van der Waals surface area contributed by atoms with Crippen molar-refractivity contribution in [1.82, 2.24) is 24.6 Å². The van der Waals surface area contributed by atoms with Crippen molar-refractivity contribution in [3.05, 3.63) is 6.33 Å². The van der Waals surface area contributed by atoms with Crippen LogP contribution in [-0.2, 0) is 18.3 Å². The van der Waals surface area contributed by atoms with Gasteiger partial charge in [-0.1, -0.05) is 0 Å². The van der Waals surface area contributed by atoms with Gasteiger partial charge in [0.05, 0.1) is 6.61 Å². The number of nitrogens with two attached hydrogens (primary N) is 1. The molecule has 0 radical (unpaired) electrons. The molecule has 3 aliphatic rings. The minimum absolute atomic E-state index is 0.101. The summed E-state index contributed by atoms with van der Waals surface area (Å²) in [6.45, 7) is 7.60. The number of rotatable bonds is 3. The van der Waals surface area contributed by atoms with Gasteiger partial charge in [-0.25, -0.2) is 19.5 Å². The number of nitrogen functional groups attached to an aromatic ring is 1. The highest BCUT2D eigenvalue weighted by molar-refractivity contribution is 7.47. The van der Waals surface area contributed by atoms with Crippen LogP contribution in [0.25, 0.3) is 11.2 Å². The summed E-state index contributed by atoms with van der Waals surface area (Å²) in [6, 6.07) is -0.101. The molecule has 188 valence electrons. The summed E-state index contributed by atoms with van der Waals surface area (Å²) >= 11 is 0. The third-order valence-electron chi connectivity index (χ3n) is 6.70. The van der Waals surface area contributed by atoms with Crippen molar-refractivity contribution in [1.29, 1.82) is 0 Å². The maximum Gasteiger partial charge on any atom is 0.472 e. The van der Waals surface area contributed by atoms with Crippen LogP contribution in [-0.4, -0.2) is 81.8 Å². The Labute approximate surface area is 195 Å². The normalized spacial score (nSPS) is 36.0. The predicted octanol–water partition coefficient (Wildman–Crippen LogP) is 1.01. The second-order valence-electron chi connectivity index (χ2n) is 10.3. The molecule has 2 aromatic heterocycles. The molecule has 5 heterocycles. The van der Waals surface area contributed by atoms with Crippen molar-refractivity contribution in [3.8, 4) is 0 Å². The van der Waals surface area contributed by atoms with Gasteiger partial charge < -0.3 is 31.0 Å². The Morgan fingerprint density at radius 1 is 1.24 bits per heavy atom. The number of hydroxylamine groups is 2. The van der Waals surface area contributed by atoms with Gasteiger partial charge in [0.15, 0.2) is 23.2 Å². The van der Waals surface area contributed by atoms with Crippen LogP contribution in [0.5, 0.6) is 0 Å². The lowest BCUT2D eigenvalue weighted by atomic mass is 9.79. The fourth-order valence-electron chi connectivity index (χ4n) is 5.37. The van der Waals surface area contributed by atoms with Crippen LogP contribution in [0.3, 0.4) is 0 Å². The van der Waals surface area contributed by atoms with Crippen LogP contribution in [0.1, 0.15) is 46.8 Å². The summed E-state index contributed by atoms with van der Waals surface area (Å²) in [5, 5.41) is 26.5. The van der Waals surface area contributed by atoms with Crippen LogP contribution < -0.4 is 11.1 Å². The number of ether oxygens (including phenoxy) is 1. The molecule has 2 aromatic rings. The number of fused-ring (bicyclic) bond motifs is 2. The number of piperidine rings is 1. The molecule has 6 N–H and O–H groups in total. The molecule has 3 aliphatic heterocycles.